The molecular weight excluding hydrogens is 343 g/mol. The van der Waals surface area contributed by atoms with Crippen LogP contribution < -0.4 is 5.73 Å². The van der Waals surface area contributed by atoms with Crippen LogP contribution in [-0.2, 0) is 9.53 Å². The second-order valence-corrected chi connectivity index (χ2v) is 6.75. The number of benzene rings is 2. The Morgan fingerprint density at radius 3 is 2.41 bits per heavy atom. The molecule has 2 N–H and O–H groups in total. The number of Topliss-reactive ketones (excluding diaryl/α,β-unsaturated/α-hetero) is 1. The number of allylic oxidation sites excluding steroid dienone is 3. The van der Waals surface area contributed by atoms with E-state index >= 15 is 0 Å². The molecule has 2 aromatic carbocycles. The zero-order valence-electron chi connectivity index (χ0n) is 14.5. The van der Waals surface area contributed by atoms with Gasteiger partial charge < -0.3 is 10.5 Å². The highest BCUT2D eigenvalue weighted by Crippen LogP contribution is 2.46. The lowest BCUT2D eigenvalue weighted by Crippen LogP contribution is -2.29. The molecule has 2 aromatic rings. The van der Waals surface area contributed by atoms with Crippen molar-refractivity contribution in [2.75, 3.05) is 0 Å². The number of carbonyl (C=O) groups excluding carboxylic acids is 1. The third-order valence-electron chi connectivity index (χ3n) is 5.14. The highest BCUT2D eigenvalue weighted by atomic mass is 19.1. The van der Waals surface area contributed by atoms with Crippen LogP contribution >= 0.6 is 0 Å². The lowest BCUT2D eigenvalue weighted by atomic mass is 9.73. The maximum absolute atomic E-state index is 13.4. The Labute approximate surface area is 156 Å². The number of halogens is 1. The molecule has 0 aromatic heterocycles. The van der Waals surface area contributed by atoms with E-state index in [1.807, 2.05) is 30.3 Å². The number of ketones is 1. The summed E-state index contributed by atoms with van der Waals surface area (Å²) in [6.07, 6.45) is 0.866. The average Bonchev–Trinajstić information content (AvgIpc) is 2.68. The van der Waals surface area contributed by atoms with Gasteiger partial charge in [0, 0.05) is 18.4 Å². The monoisotopic (exact) mass is 360 g/mol. The number of nitrogens with zero attached hydrogens (tertiary/aromatic N) is 1. The van der Waals surface area contributed by atoms with Crippen LogP contribution in [0.15, 0.2) is 77.4 Å². The standard InChI is InChI=1S/C22H17FN2O2/c23-16-8-6-14(7-9-16)20-17(12-24)22(25)27-19-11-15(10-18(26)21(19)20)13-4-2-1-3-5-13/h1-9,15,20H,10-11,25H2/t15-,20-/m0/s1. The topological polar surface area (TPSA) is 76.1 Å². The summed E-state index contributed by atoms with van der Waals surface area (Å²) in [7, 11) is 0. The first kappa shape index (κ1) is 17.0. The fraction of sp³-hybridized carbons (Fsp3) is 0.182. The Bertz CT molecular complexity index is 1000. The molecule has 134 valence electrons. The lowest BCUT2D eigenvalue weighted by molar-refractivity contribution is -0.117. The Morgan fingerprint density at radius 1 is 1.04 bits per heavy atom. The van der Waals surface area contributed by atoms with Gasteiger partial charge in [-0.1, -0.05) is 42.5 Å². The highest BCUT2D eigenvalue weighted by Gasteiger charge is 2.40. The van der Waals surface area contributed by atoms with Crippen molar-refractivity contribution in [1.29, 1.82) is 5.26 Å². The summed E-state index contributed by atoms with van der Waals surface area (Å²) in [4.78, 5) is 13.0. The Balaban J connectivity index is 1.79. The van der Waals surface area contributed by atoms with Gasteiger partial charge in [0.1, 0.15) is 23.2 Å². The number of nitriles is 1. The zero-order chi connectivity index (χ0) is 19.0. The van der Waals surface area contributed by atoms with Crippen LogP contribution in [0.2, 0.25) is 0 Å². The number of nitrogens with two attached hydrogens (primary N) is 1. The van der Waals surface area contributed by atoms with Crippen LogP contribution in [0.25, 0.3) is 0 Å². The van der Waals surface area contributed by atoms with E-state index in [-0.39, 0.29) is 29.0 Å². The summed E-state index contributed by atoms with van der Waals surface area (Å²) >= 11 is 0. The largest absolute Gasteiger partial charge is 0.444 e. The van der Waals surface area contributed by atoms with Gasteiger partial charge in [-0.05, 0) is 29.2 Å². The van der Waals surface area contributed by atoms with E-state index in [2.05, 4.69) is 6.07 Å². The first-order valence-electron chi connectivity index (χ1n) is 8.72. The van der Waals surface area contributed by atoms with Gasteiger partial charge in [-0.3, -0.25) is 4.79 Å². The van der Waals surface area contributed by atoms with E-state index in [0.29, 0.717) is 29.7 Å². The van der Waals surface area contributed by atoms with Crippen LogP contribution in [-0.4, -0.2) is 5.78 Å². The minimum atomic E-state index is -0.622. The molecule has 2 atom stereocenters. The first-order chi connectivity index (χ1) is 13.1. The molecule has 5 heteroatoms. The Hall–Kier alpha value is -3.39. The molecule has 2 aliphatic rings. The zero-order valence-corrected chi connectivity index (χ0v) is 14.5. The number of hydrogen-bond donors (Lipinski definition) is 1. The maximum atomic E-state index is 13.4. The minimum Gasteiger partial charge on any atom is -0.444 e. The summed E-state index contributed by atoms with van der Waals surface area (Å²) < 4.78 is 19.1. The fourth-order valence-corrected chi connectivity index (χ4v) is 3.86. The van der Waals surface area contributed by atoms with E-state index in [4.69, 9.17) is 10.5 Å². The summed E-state index contributed by atoms with van der Waals surface area (Å²) in [5.41, 5.74) is 8.36. The molecule has 27 heavy (non-hydrogen) atoms. The normalized spacial score (nSPS) is 22.1. The van der Waals surface area contributed by atoms with Gasteiger partial charge in [0.15, 0.2) is 5.78 Å². The van der Waals surface area contributed by atoms with E-state index in [9.17, 15) is 14.4 Å². The van der Waals surface area contributed by atoms with Crippen molar-refractivity contribution < 1.29 is 13.9 Å². The van der Waals surface area contributed by atoms with E-state index in [1.165, 1.54) is 12.1 Å². The second-order valence-electron chi connectivity index (χ2n) is 6.75. The molecule has 0 fully saturated rings. The SMILES string of the molecule is N#CC1=C(N)OC2=C(C(=O)C[C@H](c3ccccc3)C2)[C@H]1c1ccc(F)cc1. The van der Waals surface area contributed by atoms with Crippen LogP contribution in [0, 0.1) is 17.1 Å². The van der Waals surface area contributed by atoms with Gasteiger partial charge in [0.05, 0.1) is 5.92 Å². The predicted octanol–water partition coefficient (Wildman–Crippen LogP) is 4.03. The van der Waals surface area contributed by atoms with E-state index < -0.39 is 5.92 Å². The van der Waals surface area contributed by atoms with Gasteiger partial charge in [-0.15, -0.1) is 0 Å². The minimum absolute atomic E-state index is 0.00255. The molecule has 0 amide bonds. The van der Waals surface area contributed by atoms with Crippen LogP contribution in [0.1, 0.15) is 35.8 Å². The van der Waals surface area contributed by atoms with Gasteiger partial charge in [-0.2, -0.15) is 5.26 Å². The molecule has 1 heterocycles. The molecule has 0 unspecified atom stereocenters. The maximum Gasteiger partial charge on any atom is 0.205 e. The molecule has 0 radical (unpaired) electrons. The van der Waals surface area contributed by atoms with Crippen LogP contribution in [0.3, 0.4) is 0 Å². The Morgan fingerprint density at radius 2 is 1.74 bits per heavy atom. The number of rotatable bonds is 2. The van der Waals surface area contributed by atoms with Gasteiger partial charge in [0.2, 0.25) is 5.88 Å². The quantitative estimate of drug-likeness (QED) is 0.877. The number of carbonyl (C=O) groups is 1. The third kappa shape index (κ3) is 3.00. The molecule has 0 saturated carbocycles. The highest BCUT2D eigenvalue weighted by molar-refractivity contribution is 6.00. The predicted molar refractivity (Wildman–Crippen MR) is 97.5 cm³/mol. The van der Waals surface area contributed by atoms with Crippen molar-refractivity contribution in [1.82, 2.24) is 0 Å². The molecule has 0 saturated heterocycles. The summed E-state index contributed by atoms with van der Waals surface area (Å²) in [5, 5.41) is 9.58. The summed E-state index contributed by atoms with van der Waals surface area (Å²) in [6, 6.07) is 17.6. The molecular formula is C22H17FN2O2. The Kier molecular flexibility index (Phi) is 4.25. The molecule has 0 bridgehead atoms. The van der Waals surface area contributed by atoms with Crippen molar-refractivity contribution in [2.45, 2.75) is 24.7 Å². The van der Waals surface area contributed by atoms with Crippen molar-refractivity contribution in [3.63, 3.8) is 0 Å². The third-order valence-corrected chi connectivity index (χ3v) is 5.14. The van der Waals surface area contributed by atoms with Crippen LogP contribution in [0.5, 0.6) is 0 Å². The van der Waals surface area contributed by atoms with E-state index in [1.54, 1.807) is 12.1 Å². The van der Waals surface area contributed by atoms with Gasteiger partial charge in [-0.25, -0.2) is 4.39 Å². The van der Waals surface area contributed by atoms with Gasteiger partial charge >= 0.3 is 0 Å². The smallest absolute Gasteiger partial charge is 0.205 e. The van der Waals surface area contributed by atoms with Crippen molar-refractivity contribution in [3.05, 3.63) is 94.3 Å². The molecule has 1 aliphatic carbocycles. The summed E-state index contributed by atoms with van der Waals surface area (Å²) in [6.45, 7) is 0. The summed E-state index contributed by atoms with van der Waals surface area (Å²) in [5.74, 6) is -0.557. The van der Waals surface area contributed by atoms with Gasteiger partial charge in [0.25, 0.3) is 0 Å². The first-order valence-corrected chi connectivity index (χ1v) is 8.72. The van der Waals surface area contributed by atoms with E-state index in [0.717, 1.165) is 5.56 Å². The lowest BCUT2D eigenvalue weighted by Gasteiger charge is -2.34. The van der Waals surface area contributed by atoms with Crippen molar-refractivity contribution in [3.8, 4) is 6.07 Å². The average molecular weight is 360 g/mol. The number of ether oxygens (including phenoxy) is 1. The second kappa shape index (κ2) is 6.73. The van der Waals surface area contributed by atoms with Crippen LogP contribution in [0.4, 0.5) is 4.39 Å². The molecule has 4 rings (SSSR count). The molecule has 0 spiro atoms. The fourth-order valence-electron chi connectivity index (χ4n) is 3.86. The molecule has 1 aliphatic heterocycles. The number of hydrogen-bond acceptors (Lipinski definition) is 4. The van der Waals surface area contributed by atoms with Crippen molar-refractivity contribution in [2.24, 2.45) is 5.73 Å². The van der Waals surface area contributed by atoms with Crippen molar-refractivity contribution >= 4 is 5.78 Å². The molecule has 4 nitrogen and oxygen atoms in total.